The van der Waals surface area contributed by atoms with Gasteiger partial charge in [-0.2, -0.15) is 0 Å². The number of hydrogen-bond donors (Lipinski definition) is 0. The Morgan fingerprint density at radius 1 is 1.29 bits per heavy atom. The van der Waals surface area contributed by atoms with Crippen molar-refractivity contribution in [3.63, 3.8) is 0 Å². The van der Waals surface area contributed by atoms with Gasteiger partial charge in [0.25, 0.3) is 0 Å². The van der Waals surface area contributed by atoms with Gasteiger partial charge in [-0.15, -0.1) is 6.58 Å². The minimum atomic E-state index is -0.327. The van der Waals surface area contributed by atoms with E-state index in [1.54, 1.807) is 12.1 Å². The summed E-state index contributed by atoms with van der Waals surface area (Å²) in [6, 6.07) is 8.98. The normalized spacial score (nSPS) is 11.9. The second kappa shape index (κ2) is 9.76. The molecule has 1 aromatic rings. The van der Waals surface area contributed by atoms with Crippen LogP contribution in [-0.2, 0) is 4.74 Å². The Labute approximate surface area is 127 Å². The van der Waals surface area contributed by atoms with Crippen LogP contribution >= 0.6 is 0 Å². The summed E-state index contributed by atoms with van der Waals surface area (Å²) >= 11 is 0. The molecule has 0 amide bonds. The molecule has 2 nitrogen and oxygen atoms in total. The molecule has 0 aromatic heterocycles. The van der Waals surface area contributed by atoms with Crippen LogP contribution in [0.2, 0.25) is 0 Å². The number of esters is 1. The molecule has 1 rings (SSSR count). The Bertz CT molecular complexity index is 494. The van der Waals surface area contributed by atoms with Gasteiger partial charge in [-0.05, 0) is 57.2 Å². The molecule has 0 N–H and O–H groups in total. The van der Waals surface area contributed by atoms with Crippen molar-refractivity contribution in [2.45, 2.75) is 33.1 Å². The van der Waals surface area contributed by atoms with Crippen LogP contribution in [0.5, 0.6) is 0 Å². The first kappa shape index (κ1) is 17.0. The van der Waals surface area contributed by atoms with Crippen molar-refractivity contribution in [3.8, 4) is 0 Å². The van der Waals surface area contributed by atoms with Gasteiger partial charge >= 0.3 is 5.97 Å². The summed E-state index contributed by atoms with van der Waals surface area (Å²) < 4.78 is 5.10. The fourth-order valence-corrected chi connectivity index (χ4v) is 1.90. The standard InChI is InChI=1S/C19H24O2/c1-4-17(11-8-10-16(2)3)12-9-15-21-19(20)18-13-6-5-7-14-18/h4-7,9-10,13-15,17H,1,8,11-12H2,2-3H3. The molecule has 0 spiro atoms. The van der Waals surface area contributed by atoms with Crippen LogP contribution in [0.1, 0.15) is 43.5 Å². The lowest BCUT2D eigenvalue weighted by Gasteiger charge is -2.07. The van der Waals surface area contributed by atoms with Crippen molar-refractivity contribution >= 4 is 5.97 Å². The maximum Gasteiger partial charge on any atom is 0.342 e. The minimum absolute atomic E-state index is 0.327. The van der Waals surface area contributed by atoms with Gasteiger partial charge in [0.05, 0.1) is 11.8 Å². The average Bonchev–Trinajstić information content (AvgIpc) is 2.50. The number of ether oxygens (including phenoxy) is 1. The minimum Gasteiger partial charge on any atom is -0.431 e. The zero-order valence-corrected chi connectivity index (χ0v) is 12.9. The molecule has 0 heterocycles. The van der Waals surface area contributed by atoms with Gasteiger partial charge in [0.15, 0.2) is 0 Å². The van der Waals surface area contributed by atoms with Gasteiger partial charge in [-0.1, -0.05) is 35.9 Å². The van der Waals surface area contributed by atoms with Crippen LogP contribution in [0.25, 0.3) is 0 Å². The molecule has 1 unspecified atom stereocenters. The maximum atomic E-state index is 11.7. The summed E-state index contributed by atoms with van der Waals surface area (Å²) in [5.41, 5.74) is 1.90. The Kier molecular flexibility index (Phi) is 7.88. The molecule has 2 heteroatoms. The first-order chi connectivity index (χ1) is 10.1. The highest BCUT2D eigenvalue weighted by molar-refractivity contribution is 5.89. The first-order valence-corrected chi connectivity index (χ1v) is 7.30. The van der Waals surface area contributed by atoms with E-state index in [1.807, 2.05) is 30.4 Å². The van der Waals surface area contributed by atoms with Crippen LogP contribution in [-0.4, -0.2) is 5.97 Å². The molecule has 0 fully saturated rings. The number of hydrogen-bond acceptors (Lipinski definition) is 2. The Hall–Kier alpha value is -2.09. The molecular formula is C19H24O2. The average molecular weight is 284 g/mol. The molecule has 0 saturated carbocycles. The number of rotatable bonds is 8. The summed E-state index contributed by atoms with van der Waals surface area (Å²) in [4.78, 5) is 11.7. The van der Waals surface area contributed by atoms with E-state index in [0.717, 1.165) is 19.3 Å². The number of allylic oxidation sites excluding steroid dienone is 4. The first-order valence-electron chi connectivity index (χ1n) is 7.30. The van der Waals surface area contributed by atoms with Crippen LogP contribution in [0, 0.1) is 5.92 Å². The van der Waals surface area contributed by atoms with E-state index >= 15 is 0 Å². The third-order valence-electron chi connectivity index (χ3n) is 3.14. The predicted octanol–water partition coefficient (Wildman–Crippen LogP) is 5.30. The molecule has 0 aliphatic rings. The molecule has 21 heavy (non-hydrogen) atoms. The Balaban J connectivity index is 2.34. The number of carbonyl (C=O) groups excluding carboxylic acids is 1. The molecular weight excluding hydrogens is 260 g/mol. The SMILES string of the molecule is C=CC(CC=COC(=O)c1ccccc1)CCC=C(C)C. The highest BCUT2D eigenvalue weighted by Crippen LogP contribution is 2.14. The smallest absolute Gasteiger partial charge is 0.342 e. The molecule has 0 saturated heterocycles. The predicted molar refractivity (Wildman–Crippen MR) is 88.0 cm³/mol. The zero-order valence-electron chi connectivity index (χ0n) is 12.9. The Morgan fingerprint density at radius 3 is 2.62 bits per heavy atom. The number of carbonyl (C=O) groups is 1. The van der Waals surface area contributed by atoms with Crippen molar-refractivity contribution in [2.24, 2.45) is 5.92 Å². The summed E-state index contributed by atoms with van der Waals surface area (Å²) in [7, 11) is 0. The second-order valence-corrected chi connectivity index (χ2v) is 5.23. The number of benzene rings is 1. The third kappa shape index (κ3) is 7.31. The van der Waals surface area contributed by atoms with Crippen molar-refractivity contribution in [1.29, 1.82) is 0 Å². The lowest BCUT2D eigenvalue weighted by atomic mass is 9.99. The van der Waals surface area contributed by atoms with Gasteiger partial charge in [0.2, 0.25) is 0 Å². The van der Waals surface area contributed by atoms with E-state index in [2.05, 4.69) is 26.5 Å². The van der Waals surface area contributed by atoms with Crippen molar-refractivity contribution < 1.29 is 9.53 Å². The van der Waals surface area contributed by atoms with Gasteiger partial charge < -0.3 is 4.74 Å². The molecule has 0 radical (unpaired) electrons. The van der Waals surface area contributed by atoms with Gasteiger partial charge in [-0.3, -0.25) is 0 Å². The lowest BCUT2D eigenvalue weighted by molar-refractivity contribution is 0.0662. The third-order valence-corrected chi connectivity index (χ3v) is 3.14. The molecule has 112 valence electrons. The quantitative estimate of drug-likeness (QED) is 0.368. The molecule has 0 bridgehead atoms. The van der Waals surface area contributed by atoms with E-state index in [0.29, 0.717) is 11.5 Å². The maximum absolute atomic E-state index is 11.7. The topological polar surface area (TPSA) is 26.3 Å². The van der Waals surface area contributed by atoms with Crippen LogP contribution < -0.4 is 0 Å². The lowest BCUT2D eigenvalue weighted by Crippen LogP contribution is -2.00. The summed E-state index contributed by atoms with van der Waals surface area (Å²) in [5.74, 6) is 0.0822. The van der Waals surface area contributed by atoms with Crippen molar-refractivity contribution in [1.82, 2.24) is 0 Å². The summed E-state index contributed by atoms with van der Waals surface area (Å²) in [6.07, 6.45) is 10.5. The van der Waals surface area contributed by atoms with E-state index in [9.17, 15) is 4.79 Å². The van der Waals surface area contributed by atoms with E-state index in [4.69, 9.17) is 4.74 Å². The highest BCUT2D eigenvalue weighted by atomic mass is 16.5. The Morgan fingerprint density at radius 2 is 2.00 bits per heavy atom. The van der Waals surface area contributed by atoms with E-state index < -0.39 is 0 Å². The molecule has 0 aliphatic heterocycles. The van der Waals surface area contributed by atoms with Gasteiger partial charge in [0, 0.05) is 0 Å². The van der Waals surface area contributed by atoms with E-state index in [-0.39, 0.29) is 5.97 Å². The second-order valence-electron chi connectivity index (χ2n) is 5.23. The fraction of sp³-hybridized carbons (Fsp3) is 0.316. The highest BCUT2D eigenvalue weighted by Gasteiger charge is 2.04. The molecule has 1 aromatic carbocycles. The van der Waals surface area contributed by atoms with E-state index in [1.165, 1.54) is 11.8 Å². The van der Waals surface area contributed by atoms with Crippen molar-refractivity contribution in [3.05, 3.63) is 72.5 Å². The van der Waals surface area contributed by atoms with Crippen LogP contribution in [0.15, 0.2) is 67.0 Å². The zero-order chi connectivity index (χ0) is 15.5. The molecule has 1 atom stereocenters. The fourth-order valence-electron chi connectivity index (χ4n) is 1.90. The van der Waals surface area contributed by atoms with Gasteiger partial charge in [-0.25, -0.2) is 4.79 Å². The van der Waals surface area contributed by atoms with Crippen molar-refractivity contribution in [2.75, 3.05) is 0 Å². The summed E-state index contributed by atoms with van der Waals surface area (Å²) in [5, 5.41) is 0. The van der Waals surface area contributed by atoms with Gasteiger partial charge in [0.1, 0.15) is 0 Å². The molecule has 0 aliphatic carbocycles. The summed E-state index contributed by atoms with van der Waals surface area (Å²) in [6.45, 7) is 8.06. The monoisotopic (exact) mass is 284 g/mol. The van der Waals surface area contributed by atoms with Crippen LogP contribution in [0.3, 0.4) is 0 Å². The van der Waals surface area contributed by atoms with Crippen LogP contribution in [0.4, 0.5) is 0 Å². The largest absolute Gasteiger partial charge is 0.431 e.